The molecule has 2 aliphatic rings. The number of hydrogen-bond acceptors (Lipinski definition) is 9. The first-order chi connectivity index (χ1) is 20.0. The van der Waals surface area contributed by atoms with E-state index < -0.39 is 4.92 Å². The van der Waals surface area contributed by atoms with E-state index in [1.54, 1.807) is 24.4 Å². The fraction of sp³-hybridized carbons (Fsp3) is 0.233. The number of nitro groups is 1. The van der Waals surface area contributed by atoms with Crippen LogP contribution in [0.5, 0.6) is 29.0 Å². The van der Waals surface area contributed by atoms with Crippen molar-refractivity contribution in [1.29, 1.82) is 0 Å². The van der Waals surface area contributed by atoms with Crippen molar-refractivity contribution in [2.24, 2.45) is 0 Å². The van der Waals surface area contributed by atoms with Crippen LogP contribution in [0.25, 0.3) is 0 Å². The molecule has 1 saturated heterocycles. The number of hydrogen-bond donors (Lipinski definition) is 2. The summed E-state index contributed by atoms with van der Waals surface area (Å²) in [4.78, 5) is 31.0. The van der Waals surface area contributed by atoms with E-state index >= 15 is 0 Å². The molecule has 0 saturated carbocycles. The third-order valence-corrected chi connectivity index (χ3v) is 6.96. The maximum absolute atomic E-state index is 12.3. The highest BCUT2D eigenvalue weighted by Crippen LogP contribution is 2.38. The normalized spacial score (nSPS) is 17.7. The maximum atomic E-state index is 12.3. The number of nitrogens with zero attached hydrogens (tertiary/aromatic N) is 3. The summed E-state index contributed by atoms with van der Waals surface area (Å²) in [6, 6.07) is 19.4. The lowest BCUT2D eigenvalue weighted by molar-refractivity contribution is -0.385. The molecule has 2 aromatic carbocycles. The molecule has 11 nitrogen and oxygen atoms in total. The van der Waals surface area contributed by atoms with Crippen LogP contribution in [-0.2, 0) is 11.2 Å². The molecule has 6 rings (SSSR count). The van der Waals surface area contributed by atoms with Crippen LogP contribution in [0.15, 0.2) is 79.1 Å². The Kier molecular flexibility index (Phi) is 7.42. The van der Waals surface area contributed by atoms with Gasteiger partial charge in [-0.1, -0.05) is 12.1 Å². The van der Waals surface area contributed by atoms with Crippen molar-refractivity contribution < 1.29 is 23.9 Å². The van der Waals surface area contributed by atoms with Crippen LogP contribution >= 0.6 is 0 Å². The molecule has 0 aliphatic carbocycles. The average molecular weight is 554 g/mol. The van der Waals surface area contributed by atoms with E-state index in [1.165, 1.54) is 18.3 Å². The Labute approximate surface area is 235 Å². The Morgan fingerprint density at radius 1 is 0.976 bits per heavy atom. The van der Waals surface area contributed by atoms with E-state index in [4.69, 9.17) is 14.2 Å². The van der Waals surface area contributed by atoms with Crippen molar-refractivity contribution in [3.8, 4) is 29.0 Å². The van der Waals surface area contributed by atoms with Crippen molar-refractivity contribution in [1.82, 2.24) is 15.3 Å². The van der Waals surface area contributed by atoms with Gasteiger partial charge < -0.3 is 24.8 Å². The van der Waals surface area contributed by atoms with Crippen molar-refractivity contribution in [3.05, 3.63) is 100 Å². The molecule has 0 bridgehead atoms. The Hall–Kier alpha value is -5.03. The smallest absolute Gasteiger partial charge is 0.287 e. The van der Waals surface area contributed by atoms with Gasteiger partial charge in [0.15, 0.2) is 0 Å². The second-order valence-corrected chi connectivity index (χ2v) is 9.83. The summed E-state index contributed by atoms with van der Waals surface area (Å²) in [6.07, 6.45) is 5.99. The first-order valence-corrected chi connectivity index (χ1v) is 13.4. The fourth-order valence-electron chi connectivity index (χ4n) is 4.88. The van der Waals surface area contributed by atoms with Gasteiger partial charge in [-0.05, 0) is 79.8 Å². The summed E-state index contributed by atoms with van der Waals surface area (Å²) in [5.41, 5.74) is 2.52. The van der Waals surface area contributed by atoms with Crippen LogP contribution in [0.2, 0.25) is 0 Å². The molecule has 4 heterocycles. The minimum absolute atomic E-state index is 0.0493. The quantitative estimate of drug-likeness (QED) is 0.207. The highest BCUT2D eigenvalue weighted by atomic mass is 16.6. The molecule has 2 aliphatic heterocycles. The van der Waals surface area contributed by atoms with Crippen LogP contribution < -0.4 is 24.8 Å². The number of nitrogens with one attached hydrogen (secondary N) is 2. The molecule has 2 aromatic heterocycles. The van der Waals surface area contributed by atoms with E-state index in [1.807, 2.05) is 36.4 Å². The molecular weight excluding hydrogens is 526 g/mol. The van der Waals surface area contributed by atoms with Crippen molar-refractivity contribution in [2.45, 2.75) is 37.8 Å². The molecule has 41 heavy (non-hydrogen) atoms. The first-order valence-electron chi connectivity index (χ1n) is 13.4. The van der Waals surface area contributed by atoms with Gasteiger partial charge in [0.1, 0.15) is 29.5 Å². The van der Waals surface area contributed by atoms with E-state index in [2.05, 4.69) is 20.6 Å². The number of fused-ring (bicyclic) bond motifs is 1. The minimum atomic E-state index is -0.503. The molecule has 2 N–H and O–H groups in total. The highest BCUT2D eigenvalue weighted by molar-refractivity contribution is 5.94. The number of pyridine rings is 2. The molecule has 11 heteroatoms. The van der Waals surface area contributed by atoms with Gasteiger partial charge in [-0.2, -0.15) is 0 Å². The van der Waals surface area contributed by atoms with Gasteiger partial charge in [0.25, 0.3) is 5.69 Å². The van der Waals surface area contributed by atoms with Gasteiger partial charge in [0.05, 0.1) is 22.8 Å². The van der Waals surface area contributed by atoms with Crippen LogP contribution in [0.1, 0.15) is 36.5 Å². The number of carbonyl (C=O) groups is 1. The van der Waals surface area contributed by atoms with Gasteiger partial charge >= 0.3 is 0 Å². The van der Waals surface area contributed by atoms with Gasteiger partial charge in [-0.25, -0.2) is 9.97 Å². The number of aromatic nitrogens is 2. The van der Waals surface area contributed by atoms with Crippen LogP contribution in [-0.4, -0.2) is 33.4 Å². The number of carbonyl (C=O) groups excluding carboxylic acids is 1. The van der Waals surface area contributed by atoms with Crippen LogP contribution in [0.4, 0.5) is 11.4 Å². The summed E-state index contributed by atoms with van der Waals surface area (Å²) in [5, 5.41) is 16.9. The van der Waals surface area contributed by atoms with Crippen LogP contribution in [0, 0.1) is 10.1 Å². The number of amides is 1. The van der Waals surface area contributed by atoms with Gasteiger partial charge in [0, 0.05) is 18.2 Å². The summed E-state index contributed by atoms with van der Waals surface area (Å²) in [6.45, 7) is 0.863. The standard InChI is InChI=1S/C30H27N5O6/c36-30(25-5-2-14-31-25)34-21-7-12-28(32-17-21)40-24-9-11-27-20(16-24)6-10-26(41-27)19-3-1-4-23(15-19)39-29-13-8-22(18-33-29)35(37)38/h1,3-4,7-9,11-13,15-18,25-26,31H,2,5-6,10,14H2,(H,34,36)/t25-,26?/m0/s1. The second kappa shape index (κ2) is 11.6. The topological polar surface area (TPSA) is 138 Å². The number of aryl methyl sites for hydroxylation is 1. The molecule has 208 valence electrons. The molecule has 1 unspecified atom stereocenters. The van der Waals surface area contributed by atoms with Crippen LogP contribution in [0.3, 0.4) is 0 Å². The Balaban J connectivity index is 1.07. The third kappa shape index (κ3) is 6.25. The van der Waals surface area contributed by atoms with Crippen molar-refractivity contribution in [3.63, 3.8) is 0 Å². The van der Waals surface area contributed by atoms with E-state index in [-0.39, 0.29) is 29.6 Å². The molecule has 2 atom stereocenters. The Morgan fingerprint density at radius 2 is 1.78 bits per heavy atom. The fourth-order valence-corrected chi connectivity index (χ4v) is 4.88. The van der Waals surface area contributed by atoms with Crippen molar-refractivity contribution in [2.75, 3.05) is 11.9 Å². The Morgan fingerprint density at radius 3 is 2.49 bits per heavy atom. The molecule has 1 amide bonds. The number of anilines is 1. The molecule has 1 fully saturated rings. The predicted molar refractivity (Wildman–Crippen MR) is 150 cm³/mol. The number of rotatable bonds is 8. The molecule has 0 radical (unpaired) electrons. The summed E-state index contributed by atoms with van der Waals surface area (Å²) in [5.74, 6) is 2.64. The first kappa shape index (κ1) is 26.2. The van der Waals surface area contributed by atoms with E-state index in [9.17, 15) is 14.9 Å². The molecule has 0 spiro atoms. The van der Waals surface area contributed by atoms with Gasteiger partial charge in [-0.3, -0.25) is 14.9 Å². The summed E-state index contributed by atoms with van der Waals surface area (Å²) in [7, 11) is 0. The second-order valence-electron chi connectivity index (χ2n) is 9.83. The lowest BCUT2D eigenvalue weighted by atomic mass is 9.97. The largest absolute Gasteiger partial charge is 0.485 e. The minimum Gasteiger partial charge on any atom is -0.485 e. The van der Waals surface area contributed by atoms with Gasteiger partial charge in [-0.15, -0.1) is 0 Å². The molecule has 4 aromatic rings. The lowest BCUT2D eigenvalue weighted by Gasteiger charge is -2.27. The average Bonchev–Trinajstić information content (AvgIpc) is 3.54. The zero-order valence-corrected chi connectivity index (χ0v) is 22.0. The number of benzene rings is 2. The van der Waals surface area contributed by atoms with Gasteiger partial charge in [0.2, 0.25) is 17.7 Å². The maximum Gasteiger partial charge on any atom is 0.287 e. The predicted octanol–water partition coefficient (Wildman–Crippen LogP) is 5.73. The summed E-state index contributed by atoms with van der Waals surface area (Å²) < 4.78 is 18.1. The van der Waals surface area contributed by atoms with E-state index in [0.29, 0.717) is 23.1 Å². The zero-order valence-electron chi connectivity index (χ0n) is 22.0. The summed E-state index contributed by atoms with van der Waals surface area (Å²) >= 11 is 0. The molecular formula is C30H27N5O6. The zero-order chi connectivity index (χ0) is 28.2. The monoisotopic (exact) mass is 553 g/mol. The highest BCUT2D eigenvalue weighted by Gasteiger charge is 2.23. The van der Waals surface area contributed by atoms with Crippen molar-refractivity contribution >= 4 is 17.3 Å². The SMILES string of the molecule is O=C(Nc1ccc(Oc2ccc3c(c2)CCC(c2cccc(Oc4ccc([N+](=O)[O-])cn4)c2)O3)nc1)[C@@H]1CCCN1. The number of ether oxygens (including phenoxy) is 3. The third-order valence-electron chi connectivity index (χ3n) is 6.96. The van der Waals surface area contributed by atoms with E-state index in [0.717, 1.165) is 49.1 Å². The lowest BCUT2D eigenvalue weighted by Crippen LogP contribution is -2.35. The Bertz CT molecular complexity index is 1550.